The van der Waals surface area contributed by atoms with E-state index in [2.05, 4.69) is 0 Å². The summed E-state index contributed by atoms with van der Waals surface area (Å²) in [5.41, 5.74) is 0.726. The highest BCUT2D eigenvalue weighted by atomic mass is 19.4. The molecule has 0 aliphatic rings. The zero-order chi connectivity index (χ0) is 29.1. The van der Waals surface area contributed by atoms with E-state index in [4.69, 9.17) is 0 Å². The van der Waals surface area contributed by atoms with Gasteiger partial charge in [0.25, 0.3) is 0 Å². The summed E-state index contributed by atoms with van der Waals surface area (Å²) in [6, 6.07) is 11.9. The van der Waals surface area contributed by atoms with Crippen molar-refractivity contribution in [2.75, 3.05) is 0 Å². The van der Waals surface area contributed by atoms with Gasteiger partial charge < -0.3 is 0 Å². The zero-order valence-electron chi connectivity index (χ0n) is 20.9. The highest BCUT2D eigenvalue weighted by Crippen LogP contribution is 2.28. The van der Waals surface area contributed by atoms with Crippen molar-refractivity contribution in [1.82, 2.24) is 0 Å². The number of hydrogen-bond donors (Lipinski definition) is 0. The van der Waals surface area contributed by atoms with E-state index in [0.717, 1.165) is 29.7 Å². The van der Waals surface area contributed by atoms with Gasteiger partial charge in [-0.25, -0.2) is 26.3 Å². The minimum absolute atomic E-state index is 0.0544. The summed E-state index contributed by atoms with van der Waals surface area (Å²) in [6.45, 7) is 4.45. The Kier molecular flexibility index (Phi) is 9.00. The normalized spacial score (nSPS) is 11.9. The van der Waals surface area contributed by atoms with Crippen LogP contribution in [-0.4, -0.2) is 12.3 Å². The molecule has 0 bridgehead atoms. The maximum absolute atomic E-state index is 14.1. The molecule has 0 nitrogen and oxygen atoms in total. The molecule has 4 rings (SSSR count). The monoisotopic (exact) mass is 552 g/mol. The van der Waals surface area contributed by atoms with E-state index in [1.165, 1.54) is 50.1 Å². The van der Waals surface area contributed by atoms with Crippen LogP contribution < -0.4 is 0 Å². The van der Waals surface area contributed by atoms with Gasteiger partial charge in [0.15, 0.2) is 0 Å². The van der Waals surface area contributed by atoms with Crippen molar-refractivity contribution in [3.05, 3.63) is 106 Å². The number of benzene rings is 4. The standard InChI is InChI=1S/C16H10F6.C14H11F3/c1-9(17)6-10-2-3-12-11(7-10)8-14(18)13(15(12)19)4-5-16(20,21)22;1-8-3-4-11(14(17)5-8)10-6-12(15)9(2)13(16)7-10/h2-3,7-9H,6H2,1H3;3-7H,1-2H3. The van der Waals surface area contributed by atoms with Crippen molar-refractivity contribution in [3.8, 4) is 23.0 Å². The zero-order valence-corrected chi connectivity index (χ0v) is 20.9. The van der Waals surface area contributed by atoms with Crippen LogP contribution in [0.25, 0.3) is 21.9 Å². The molecule has 0 spiro atoms. The molecule has 1 atom stereocenters. The average Bonchev–Trinajstić information content (AvgIpc) is 2.81. The molecule has 0 heterocycles. The van der Waals surface area contributed by atoms with Crippen LogP contribution in [-0.2, 0) is 6.42 Å². The second-order valence-corrected chi connectivity index (χ2v) is 8.88. The second kappa shape index (κ2) is 11.9. The Morgan fingerprint density at radius 2 is 1.41 bits per heavy atom. The summed E-state index contributed by atoms with van der Waals surface area (Å²) >= 11 is 0. The smallest absolute Gasteiger partial charge is 0.247 e. The number of hydrogen-bond acceptors (Lipinski definition) is 0. The van der Waals surface area contributed by atoms with Gasteiger partial charge in [0, 0.05) is 28.9 Å². The van der Waals surface area contributed by atoms with Gasteiger partial charge in [-0.1, -0.05) is 36.3 Å². The third-order valence-electron chi connectivity index (χ3n) is 5.66. The van der Waals surface area contributed by atoms with Crippen LogP contribution in [0.5, 0.6) is 0 Å². The van der Waals surface area contributed by atoms with Crippen molar-refractivity contribution >= 4 is 10.8 Å². The van der Waals surface area contributed by atoms with Crippen LogP contribution in [0.2, 0.25) is 0 Å². The lowest BCUT2D eigenvalue weighted by Crippen LogP contribution is -2.03. The fourth-order valence-corrected chi connectivity index (χ4v) is 3.73. The largest absolute Gasteiger partial charge is 0.458 e. The van der Waals surface area contributed by atoms with Gasteiger partial charge in [0.1, 0.15) is 35.3 Å². The van der Waals surface area contributed by atoms with E-state index < -0.39 is 47.0 Å². The van der Waals surface area contributed by atoms with Gasteiger partial charge >= 0.3 is 6.18 Å². The minimum Gasteiger partial charge on any atom is -0.247 e. The molecule has 0 fully saturated rings. The molecule has 204 valence electrons. The molecule has 0 radical (unpaired) electrons. The van der Waals surface area contributed by atoms with Crippen LogP contribution in [0.1, 0.15) is 29.2 Å². The second-order valence-electron chi connectivity index (χ2n) is 8.88. The lowest BCUT2D eigenvalue weighted by atomic mass is 10.0. The average molecular weight is 552 g/mol. The van der Waals surface area contributed by atoms with Crippen molar-refractivity contribution in [1.29, 1.82) is 0 Å². The highest BCUT2D eigenvalue weighted by molar-refractivity contribution is 5.85. The molecule has 0 amide bonds. The minimum atomic E-state index is -4.84. The van der Waals surface area contributed by atoms with Gasteiger partial charge in [-0.3, -0.25) is 0 Å². The van der Waals surface area contributed by atoms with Crippen LogP contribution in [0.15, 0.2) is 54.6 Å². The van der Waals surface area contributed by atoms with Gasteiger partial charge in [0.2, 0.25) is 0 Å². The molecule has 0 aliphatic heterocycles. The third kappa shape index (κ3) is 7.56. The van der Waals surface area contributed by atoms with Gasteiger partial charge in [0.05, 0.1) is 5.56 Å². The van der Waals surface area contributed by atoms with E-state index in [1.54, 1.807) is 13.0 Å². The van der Waals surface area contributed by atoms with Gasteiger partial charge in [-0.05, 0) is 67.1 Å². The van der Waals surface area contributed by atoms with E-state index in [1.807, 2.05) is 0 Å². The molecule has 0 saturated carbocycles. The fraction of sp³-hybridized carbons (Fsp3) is 0.200. The summed E-state index contributed by atoms with van der Waals surface area (Å²) < 4.78 is 117. The van der Waals surface area contributed by atoms with Crippen molar-refractivity contribution in [2.45, 2.75) is 39.5 Å². The fourth-order valence-electron chi connectivity index (χ4n) is 3.73. The van der Waals surface area contributed by atoms with Crippen LogP contribution in [0, 0.1) is 54.8 Å². The lowest BCUT2D eigenvalue weighted by Gasteiger charge is -2.07. The van der Waals surface area contributed by atoms with Gasteiger partial charge in [-0.15, -0.1) is 0 Å². The van der Waals surface area contributed by atoms with E-state index in [0.29, 0.717) is 5.56 Å². The maximum atomic E-state index is 14.1. The molecule has 39 heavy (non-hydrogen) atoms. The SMILES string of the molecule is CC(F)Cc1ccc2c(F)c(C#CC(F)(F)F)c(F)cc2c1.Cc1ccc(-c2cc(F)c(C)c(F)c2)c(F)c1. The maximum Gasteiger partial charge on any atom is 0.458 e. The third-order valence-corrected chi connectivity index (χ3v) is 5.66. The Balaban J connectivity index is 0.000000223. The summed E-state index contributed by atoms with van der Waals surface area (Å²) in [4.78, 5) is 0. The predicted octanol–water partition coefficient (Wildman–Crippen LogP) is 9.32. The molecule has 0 aromatic heterocycles. The molecule has 9 heteroatoms. The number of fused-ring (bicyclic) bond motifs is 1. The lowest BCUT2D eigenvalue weighted by molar-refractivity contribution is -0.0696. The van der Waals surface area contributed by atoms with Crippen LogP contribution in [0.4, 0.5) is 39.5 Å². The Morgan fingerprint density at radius 1 is 0.769 bits per heavy atom. The molecule has 4 aromatic rings. The summed E-state index contributed by atoms with van der Waals surface area (Å²) in [5.74, 6) is -1.84. The summed E-state index contributed by atoms with van der Waals surface area (Å²) in [6.07, 6.45) is -5.88. The first-order chi connectivity index (χ1) is 18.2. The Labute approximate surface area is 219 Å². The van der Waals surface area contributed by atoms with E-state index in [9.17, 15) is 39.5 Å². The summed E-state index contributed by atoms with van der Waals surface area (Å²) in [7, 11) is 0. The molecular formula is C30H21F9. The Morgan fingerprint density at radius 3 is 1.97 bits per heavy atom. The van der Waals surface area contributed by atoms with Crippen LogP contribution >= 0.6 is 0 Å². The highest BCUT2D eigenvalue weighted by Gasteiger charge is 2.24. The molecular weight excluding hydrogens is 531 g/mol. The quantitative estimate of drug-likeness (QED) is 0.176. The molecule has 0 saturated heterocycles. The van der Waals surface area contributed by atoms with Crippen molar-refractivity contribution in [3.63, 3.8) is 0 Å². The number of halogens is 9. The molecule has 4 aromatic carbocycles. The molecule has 0 N–H and O–H groups in total. The van der Waals surface area contributed by atoms with E-state index in [-0.39, 0.29) is 33.9 Å². The predicted molar refractivity (Wildman–Crippen MR) is 132 cm³/mol. The van der Waals surface area contributed by atoms with Crippen molar-refractivity contribution in [2.24, 2.45) is 0 Å². The number of rotatable bonds is 3. The number of alkyl halides is 4. The van der Waals surface area contributed by atoms with Crippen LogP contribution in [0.3, 0.4) is 0 Å². The van der Waals surface area contributed by atoms with E-state index >= 15 is 0 Å². The number of aryl methyl sites for hydroxylation is 1. The first-order valence-electron chi connectivity index (χ1n) is 11.5. The van der Waals surface area contributed by atoms with Gasteiger partial charge in [-0.2, -0.15) is 13.2 Å². The first-order valence-corrected chi connectivity index (χ1v) is 11.5. The summed E-state index contributed by atoms with van der Waals surface area (Å²) in [5, 5.41) is 0.0776. The molecule has 1 unspecified atom stereocenters. The molecule has 0 aliphatic carbocycles. The topological polar surface area (TPSA) is 0 Å². The first kappa shape index (κ1) is 29.6. The Hall–Kier alpha value is -3.93. The Bertz CT molecular complexity index is 1550. The van der Waals surface area contributed by atoms with Crippen molar-refractivity contribution < 1.29 is 39.5 Å².